The zero-order valence-electron chi connectivity index (χ0n) is 11.1. The van der Waals surface area contributed by atoms with E-state index in [1.165, 1.54) is 0 Å². The molecule has 0 saturated heterocycles. The molecule has 0 heterocycles. The van der Waals surface area contributed by atoms with Gasteiger partial charge < -0.3 is 0 Å². The molecule has 0 aliphatic carbocycles. The summed E-state index contributed by atoms with van der Waals surface area (Å²) in [5.74, 6) is 0.992. The maximum absolute atomic E-state index is 13.9. The topological polar surface area (TPSA) is 71.5 Å². The molecule has 0 aliphatic heterocycles. The minimum atomic E-state index is -4.14. The predicted octanol–water partition coefficient (Wildman–Crippen LogP) is 1.79. The number of hydrogen-bond donors (Lipinski definition) is 0. The van der Waals surface area contributed by atoms with Gasteiger partial charge in [0.1, 0.15) is 10.7 Å². The van der Waals surface area contributed by atoms with Gasteiger partial charge in [0.15, 0.2) is 0 Å². The second-order valence-corrected chi connectivity index (χ2v) is 8.55. The molecule has 1 aromatic carbocycles. The quantitative estimate of drug-likeness (QED) is 0.577. The molecule has 0 fully saturated rings. The van der Waals surface area contributed by atoms with Gasteiger partial charge in [-0.15, -0.1) is 6.42 Å². The predicted molar refractivity (Wildman–Crippen MR) is 77.3 cm³/mol. The van der Waals surface area contributed by atoms with Gasteiger partial charge in [0.25, 0.3) is 9.05 Å². The summed E-state index contributed by atoms with van der Waals surface area (Å²) in [6.07, 6.45) is 5.60. The van der Waals surface area contributed by atoms with Crippen LogP contribution in [0.1, 0.15) is 13.3 Å². The molecule has 0 saturated carbocycles. The molecular weight excluding hydrogens is 341 g/mol. The zero-order valence-corrected chi connectivity index (χ0v) is 13.5. The van der Waals surface area contributed by atoms with Crippen molar-refractivity contribution in [1.29, 1.82) is 0 Å². The van der Waals surface area contributed by atoms with Gasteiger partial charge in [-0.25, -0.2) is 21.2 Å². The molecule has 0 N–H and O–H groups in total. The Kier molecular flexibility index (Phi) is 5.75. The van der Waals surface area contributed by atoms with Gasteiger partial charge in [-0.3, -0.25) is 0 Å². The van der Waals surface area contributed by atoms with E-state index in [1.54, 1.807) is 6.92 Å². The molecule has 9 heteroatoms. The molecule has 0 bridgehead atoms. The van der Waals surface area contributed by atoms with Crippen LogP contribution in [0, 0.1) is 18.2 Å². The Balaban J connectivity index is 3.36. The van der Waals surface area contributed by atoms with Crippen molar-refractivity contribution in [2.24, 2.45) is 0 Å². The van der Waals surface area contributed by atoms with E-state index >= 15 is 0 Å². The number of terminal acetylenes is 1. The van der Waals surface area contributed by atoms with Crippen LogP contribution < -0.4 is 0 Å². The summed E-state index contributed by atoms with van der Waals surface area (Å²) in [5.41, 5.74) is 0. The summed E-state index contributed by atoms with van der Waals surface area (Å²) in [7, 11) is -3.20. The second-order valence-electron chi connectivity index (χ2n) is 4.07. The Bertz CT molecular complexity index is 769. The molecular formula is C12H13ClFNO4S2. The number of benzene rings is 1. The molecule has 0 aliphatic rings. The third kappa shape index (κ3) is 4.17. The van der Waals surface area contributed by atoms with Crippen LogP contribution in [0.15, 0.2) is 28.0 Å². The van der Waals surface area contributed by atoms with Crippen molar-refractivity contribution in [2.75, 3.05) is 13.1 Å². The van der Waals surface area contributed by atoms with Crippen LogP contribution in [0.5, 0.6) is 0 Å². The van der Waals surface area contributed by atoms with Crippen LogP contribution in [-0.4, -0.2) is 34.2 Å². The van der Waals surface area contributed by atoms with E-state index in [1.807, 2.05) is 0 Å². The molecule has 116 valence electrons. The highest BCUT2D eigenvalue weighted by Crippen LogP contribution is 2.24. The summed E-state index contributed by atoms with van der Waals surface area (Å²) in [6.45, 7) is 1.67. The molecule has 5 nitrogen and oxygen atoms in total. The highest BCUT2D eigenvalue weighted by Gasteiger charge is 2.27. The monoisotopic (exact) mass is 353 g/mol. The van der Waals surface area contributed by atoms with Crippen LogP contribution in [0.2, 0.25) is 0 Å². The fourth-order valence-electron chi connectivity index (χ4n) is 1.62. The summed E-state index contributed by atoms with van der Waals surface area (Å²) in [4.78, 5) is -1.16. The molecule has 1 aromatic rings. The molecule has 0 aromatic heterocycles. The van der Waals surface area contributed by atoms with Crippen LogP contribution in [0.4, 0.5) is 4.39 Å². The number of sulfonamides is 1. The summed E-state index contributed by atoms with van der Waals surface area (Å²) in [5, 5.41) is 0. The first-order chi connectivity index (χ1) is 9.64. The van der Waals surface area contributed by atoms with Gasteiger partial charge >= 0.3 is 0 Å². The number of nitrogens with zero attached hydrogens (tertiary/aromatic N) is 1. The largest absolute Gasteiger partial charge is 0.261 e. The minimum Gasteiger partial charge on any atom is -0.207 e. The average Bonchev–Trinajstić information content (AvgIpc) is 2.37. The molecule has 0 spiro atoms. The lowest BCUT2D eigenvalue weighted by atomic mass is 10.3. The van der Waals surface area contributed by atoms with Gasteiger partial charge in [0.05, 0.1) is 11.4 Å². The lowest BCUT2D eigenvalue weighted by molar-refractivity contribution is 0.440. The fraction of sp³-hybridized carbons (Fsp3) is 0.333. The standard InChI is InChI=1S/C12H13ClFNO4S2/c1-3-7-15(8-4-2)21(18,19)12-6-5-10(9-11(12)14)20(13,16)17/h1,5-6,9H,4,7-8H2,2H3. The Morgan fingerprint density at radius 2 is 1.95 bits per heavy atom. The van der Waals surface area contributed by atoms with Crippen LogP contribution in [-0.2, 0) is 19.1 Å². The molecule has 0 unspecified atom stereocenters. The number of halogens is 2. The van der Waals surface area contributed by atoms with E-state index < -0.39 is 34.7 Å². The third-order valence-electron chi connectivity index (χ3n) is 2.54. The average molecular weight is 354 g/mol. The first-order valence-electron chi connectivity index (χ1n) is 5.82. The molecule has 1 rings (SSSR count). The van der Waals surface area contributed by atoms with Crippen molar-refractivity contribution in [3.05, 3.63) is 24.0 Å². The minimum absolute atomic E-state index is 0.127. The highest BCUT2D eigenvalue weighted by atomic mass is 35.7. The van der Waals surface area contributed by atoms with E-state index in [2.05, 4.69) is 5.92 Å². The van der Waals surface area contributed by atoms with Crippen LogP contribution in [0.25, 0.3) is 0 Å². The summed E-state index contributed by atoms with van der Waals surface area (Å²) in [6, 6.07) is 2.35. The Hall–Kier alpha value is -1.14. The maximum Gasteiger partial charge on any atom is 0.261 e. The first-order valence-corrected chi connectivity index (χ1v) is 9.57. The lowest BCUT2D eigenvalue weighted by Gasteiger charge is -2.19. The van der Waals surface area contributed by atoms with E-state index in [4.69, 9.17) is 17.1 Å². The maximum atomic E-state index is 13.9. The van der Waals surface area contributed by atoms with Gasteiger partial charge in [0.2, 0.25) is 10.0 Å². The van der Waals surface area contributed by atoms with Crippen molar-refractivity contribution in [1.82, 2.24) is 4.31 Å². The Morgan fingerprint density at radius 3 is 2.38 bits per heavy atom. The third-order valence-corrected chi connectivity index (χ3v) is 5.77. The fourth-order valence-corrected chi connectivity index (χ4v) is 3.87. The number of hydrogen-bond acceptors (Lipinski definition) is 4. The van der Waals surface area contributed by atoms with Gasteiger partial charge in [-0.05, 0) is 24.6 Å². The number of rotatable bonds is 6. The van der Waals surface area contributed by atoms with E-state index in [9.17, 15) is 21.2 Å². The van der Waals surface area contributed by atoms with Crippen molar-refractivity contribution < 1.29 is 21.2 Å². The summed E-state index contributed by atoms with van der Waals surface area (Å²) < 4.78 is 61.7. The van der Waals surface area contributed by atoms with Gasteiger partial charge in [-0.1, -0.05) is 12.8 Å². The lowest BCUT2D eigenvalue weighted by Crippen LogP contribution is -2.32. The zero-order chi connectivity index (χ0) is 16.3. The normalized spacial score (nSPS) is 12.3. The van der Waals surface area contributed by atoms with Crippen LogP contribution >= 0.6 is 10.7 Å². The molecule has 0 atom stereocenters. The first kappa shape index (κ1) is 17.9. The Labute approximate surface area is 128 Å². The van der Waals surface area contributed by atoms with Crippen molar-refractivity contribution in [3.8, 4) is 12.3 Å². The van der Waals surface area contributed by atoms with E-state index in [0.29, 0.717) is 12.5 Å². The molecule has 21 heavy (non-hydrogen) atoms. The SMILES string of the molecule is C#CCN(CCC)S(=O)(=O)c1ccc(S(=O)(=O)Cl)cc1F. The van der Waals surface area contributed by atoms with E-state index in [-0.39, 0.29) is 13.1 Å². The van der Waals surface area contributed by atoms with Crippen molar-refractivity contribution in [2.45, 2.75) is 23.1 Å². The highest BCUT2D eigenvalue weighted by molar-refractivity contribution is 8.13. The Morgan fingerprint density at radius 1 is 1.33 bits per heavy atom. The smallest absolute Gasteiger partial charge is 0.207 e. The molecule has 0 amide bonds. The van der Waals surface area contributed by atoms with E-state index in [0.717, 1.165) is 16.4 Å². The van der Waals surface area contributed by atoms with Gasteiger partial charge in [0, 0.05) is 17.2 Å². The van der Waals surface area contributed by atoms with Crippen molar-refractivity contribution in [3.63, 3.8) is 0 Å². The van der Waals surface area contributed by atoms with Crippen molar-refractivity contribution >= 4 is 29.8 Å². The second kappa shape index (κ2) is 6.75. The molecule has 0 radical (unpaired) electrons. The van der Waals surface area contributed by atoms with Crippen LogP contribution in [0.3, 0.4) is 0 Å². The summed E-state index contributed by atoms with van der Waals surface area (Å²) >= 11 is 0. The van der Waals surface area contributed by atoms with Gasteiger partial charge in [-0.2, -0.15) is 4.31 Å².